The van der Waals surface area contributed by atoms with Crippen molar-refractivity contribution in [2.75, 3.05) is 18.6 Å². The van der Waals surface area contributed by atoms with E-state index in [-0.39, 0.29) is 11.5 Å². The molecule has 4 nitrogen and oxygen atoms in total. The van der Waals surface area contributed by atoms with Gasteiger partial charge in [0.1, 0.15) is 0 Å². The average molecular weight is 332 g/mol. The molecule has 1 aromatic rings. The zero-order valence-electron chi connectivity index (χ0n) is 9.90. The summed E-state index contributed by atoms with van der Waals surface area (Å²) in [7, 11) is 0. The van der Waals surface area contributed by atoms with Crippen molar-refractivity contribution >= 4 is 39.6 Å². The van der Waals surface area contributed by atoms with Crippen LogP contribution >= 0.6 is 27.7 Å². The first kappa shape index (κ1) is 15.0. The predicted molar refractivity (Wildman–Crippen MR) is 76.4 cm³/mol. The molecule has 0 spiro atoms. The van der Waals surface area contributed by atoms with Gasteiger partial charge < -0.3 is 10.4 Å². The highest BCUT2D eigenvalue weighted by Crippen LogP contribution is 2.16. The van der Waals surface area contributed by atoms with Gasteiger partial charge in [-0.3, -0.25) is 4.79 Å². The van der Waals surface area contributed by atoms with E-state index in [1.54, 1.807) is 17.8 Å². The number of hydrogen-bond donors (Lipinski definition) is 2. The van der Waals surface area contributed by atoms with Crippen LogP contribution in [-0.4, -0.2) is 35.5 Å². The molecule has 1 aromatic carbocycles. The van der Waals surface area contributed by atoms with Gasteiger partial charge >= 0.3 is 5.97 Å². The molecule has 0 radical (unpaired) electrons. The minimum atomic E-state index is -1.05. The molecular formula is C12H14BrNO3S. The molecular weight excluding hydrogens is 318 g/mol. The van der Waals surface area contributed by atoms with Crippen LogP contribution in [0.5, 0.6) is 0 Å². The van der Waals surface area contributed by atoms with Crippen LogP contribution in [-0.2, 0) is 0 Å². The van der Waals surface area contributed by atoms with Crippen LogP contribution < -0.4 is 5.32 Å². The summed E-state index contributed by atoms with van der Waals surface area (Å²) in [6.45, 7) is 0.592. The minimum absolute atomic E-state index is 0.0960. The molecule has 0 aliphatic rings. The van der Waals surface area contributed by atoms with Gasteiger partial charge in [0.15, 0.2) is 0 Å². The molecule has 0 aromatic heterocycles. The van der Waals surface area contributed by atoms with Crippen LogP contribution in [0.25, 0.3) is 0 Å². The number of carbonyl (C=O) groups is 2. The van der Waals surface area contributed by atoms with E-state index in [0.29, 0.717) is 16.6 Å². The Morgan fingerprint density at radius 1 is 1.33 bits per heavy atom. The van der Waals surface area contributed by atoms with Gasteiger partial charge in [0.2, 0.25) is 0 Å². The van der Waals surface area contributed by atoms with Crippen LogP contribution in [0.15, 0.2) is 22.7 Å². The number of halogens is 1. The normalized spacial score (nSPS) is 10.1. The van der Waals surface area contributed by atoms with Gasteiger partial charge in [0, 0.05) is 16.6 Å². The lowest BCUT2D eigenvalue weighted by Gasteiger charge is -2.06. The Bertz CT molecular complexity index is 451. The molecule has 98 valence electrons. The molecule has 0 atom stereocenters. The van der Waals surface area contributed by atoms with E-state index >= 15 is 0 Å². The Labute approximate surface area is 118 Å². The second-order valence-corrected chi connectivity index (χ2v) is 5.54. The highest BCUT2D eigenvalue weighted by atomic mass is 79.9. The van der Waals surface area contributed by atoms with Crippen molar-refractivity contribution in [1.82, 2.24) is 5.32 Å². The van der Waals surface area contributed by atoms with Crippen molar-refractivity contribution in [2.45, 2.75) is 6.42 Å². The Morgan fingerprint density at radius 3 is 2.61 bits per heavy atom. The van der Waals surface area contributed by atoms with Gasteiger partial charge in [-0.25, -0.2) is 4.79 Å². The molecule has 0 heterocycles. The smallest absolute Gasteiger partial charge is 0.335 e. The molecule has 2 N–H and O–H groups in total. The van der Waals surface area contributed by atoms with Crippen molar-refractivity contribution in [3.63, 3.8) is 0 Å². The van der Waals surface area contributed by atoms with Crippen molar-refractivity contribution < 1.29 is 14.7 Å². The first-order valence-electron chi connectivity index (χ1n) is 5.35. The van der Waals surface area contributed by atoms with Crippen LogP contribution in [0.1, 0.15) is 27.1 Å². The zero-order chi connectivity index (χ0) is 13.5. The highest BCUT2D eigenvalue weighted by Gasteiger charge is 2.11. The van der Waals surface area contributed by atoms with Gasteiger partial charge in [0.05, 0.1) is 5.56 Å². The number of nitrogens with one attached hydrogen (secondary N) is 1. The van der Waals surface area contributed by atoms with Crippen molar-refractivity contribution in [3.05, 3.63) is 33.8 Å². The summed E-state index contributed by atoms with van der Waals surface area (Å²) in [5.41, 5.74) is 0.449. The van der Waals surface area contributed by atoms with Gasteiger partial charge in [-0.15, -0.1) is 0 Å². The molecule has 6 heteroatoms. The number of amides is 1. The van der Waals surface area contributed by atoms with E-state index in [9.17, 15) is 9.59 Å². The number of aromatic carboxylic acids is 1. The Hall–Kier alpha value is -1.01. The molecule has 1 rings (SSSR count). The SMILES string of the molecule is CSCCCNC(=O)c1cc(Br)cc(C(=O)O)c1. The lowest BCUT2D eigenvalue weighted by atomic mass is 10.1. The molecule has 0 fully saturated rings. The number of hydrogen-bond acceptors (Lipinski definition) is 3. The van der Waals surface area contributed by atoms with E-state index in [2.05, 4.69) is 21.2 Å². The topological polar surface area (TPSA) is 66.4 Å². The largest absolute Gasteiger partial charge is 0.478 e. The lowest BCUT2D eigenvalue weighted by Crippen LogP contribution is -2.25. The average Bonchev–Trinajstić information content (AvgIpc) is 2.33. The third-order valence-corrected chi connectivity index (χ3v) is 3.37. The molecule has 0 unspecified atom stereocenters. The summed E-state index contributed by atoms with van der Waals surface area (Å²) in [5.74, 6) is -0.313. The number of rotatable bonds is 6. The van der Waals surface area contributed by atoms with E-state index < -0.39 is 5.97 Å². The maximum Gasteiger partial charge on any atom is 0.335 e. The summed E-state index contributed by atoms with van der Waals surface area (Å²) in [5, 5.41) is 11.7. The van der Waals surface area contributed by atoms with Gasteiger partial charge in [0.25, 0.3) is 5.91 Å². The molecule has 18 heavy (non-hydrogen) atoms. The summed E-state index contributed by atoms with van der Waals surface area (Å²) >= 11 is 4.92. The van der Waals surface area contributed by atoms with Crippen molar-refractivity contribution in [2.24, 2.45) is 0 Å². The van der Waals surface area contributed by atoms with Gasteiger partial charge in [-0.05, 0) is 36.6 Å². The van der Waals surface area contributed by atoms with Crippen LogP contribution in [0.3, 0.4) is 0 Å². The second kappa shape index (κ2) is 7.43. The fourth-order valence-corrected chi connectivity index (χ4v) is 2.29. The quantitative estimate of drug-likeness (QED) is 0.786. The maximum absolute atomic E-state index is 11.8. The number of carboxylic acid groups (broad SMARTS) is 1. The van der Waals surface area contributed by atoms with Crippen molar-refractivity contribution in [3.8, 4) is 0 Å². The number of thioether (sulfide) groups is 1. The minimum Gasteiger partial charge on any atom is -0.478 e. The summed E-state index contributed by atoms with van der Waals surface area (Å²) in [4.78, 5) is 22.7. The second-order valence-electron chi connectivity index (χ2n) is 3.64. The van der Waals surface area contributed by atoms with Crippen LogP contribution in [0.2, 0.25) is 0 Å². The fourth-order valence-electron chi connectivity index (χ4n) is 1.36. The molecule has 0 bridgehead atoms. The van der Waals surface area contributed by atoms with Gasteiger partial charge in [-0.1, -0.05) is 15.9 Å². The molecule has 0 aliphatic carbocycles. The van der Waals surface area contributed by atoms with E-state index in [1.165, 1.54) is 12.1 Å². The van der Waals surface area contributed by atoms with E-state index in [4.69, 9.17) is 5.11 Å². The van der Waals surface area contributed by atoms with Crippen LogP contribution in [0.4, 0.5) is 0 Å². The Balaban J connectivity index is 2.70. The molecule has 0 aliphatic heterocycles. The third kappa shape index (κ3) is 4.70. The lowest BCUT2D eigenvalue weighted by molar-refractivity contribution is 0.0697. The van der Waals surface area contributed by atoms with Gasteiger partial charge in [-0.2, -0.15) is 11.8 Å². The molecule has 0 saturated heterocycles. The highest BCUT2D eigenvalue weighted by molar-refractivity contribution is 9.10. The summed E-state index contributed by atoms with van der Waals surface area (Å²) < 4.78 is 0.580. The number of benzene rings is 1. The third-order valence-electron chi connectivity index (χ3n) is 2.22. The first-order valence-corrected chi connectivity index (χ1v) is 7.54. The molecule has 0 saturated carbocycles. The van der Waals surface area contributed by atoms with E-state index in [0.717, 1.165) is 12.2 Å². The molecule has 1 amide bonds. The standard InChI is InChI=1S/C12H14BrNO3S/c1-18-4-2-3-14-11(15)8-5-9(12(16)17)7-10(13)6-8/h5-7H,2-4H2,1H3,(H,14,15)(H,16,17). The predicted octanol–water partition coefficient (Wildman–Crippen LogP) is 2.63. The van der Waals surface area contributed by atoms with Crippen molar-refractivity contribution in [1.29, 1.82) is 0 Å². The maximum atomic E-state index is 11.8. The number of carbonyl (C=O) groups excluding carboxylic acids is 1. The summed E-state index contributed by atoms with van der Waals surface area (Å²) in [6.07, 6.45) is 2.90. The first-order chi connectivity index (χ1) is 8.54. The van der Waals surface area contributed by atoms with E-state index in [1.807, 2.05) is 6.26 Å². The monoisotopic (exact) mass is 331 g/mol. The van der Waals surface area contributed by atoms with Crippen LogP contribution in [0, 0.1) is 0 Å². The Kier molecular flexibility index (Phi) is 6.21. The number of carboxylic acids is 1. The summed E-state index contributed by atoms with van der Waals surface area (Å²) in [6, 6.07) is 4.44. The zero-order valence-corrected chi connectivity index (χ0v) is 12.3. The Morgan fingerprint density at radius 2 is 2.00 bits per heavy atom. The fraction of sp³-hybridized carbons (Fsp3) is 0.333.